The van der Waals surface area contributed by atoms with Crippen LogP contribution in [-0.2, 0) is 16.0 Å². The lowest BCUT2D eigenvalue weighted by Gasteiger charge is -2.07. The molecule has 0 fully saturated rings. The lowest BCUT2D eigenvalue weighted by Crippen LogP contribution is -2.15. The van der Waals surface area contributed by atoms with Crippen LogP contribution in [0.2, 0.25) is 0 Å². The van der Waals surface area contributed by atoms with Gasteiger partial charge in [-0.25, -0.2) is 14.3 Å². The molecule has 0 bridgehead atoms. The number of methoxy groups -OCH3 is 2. The van der Waals surface area contributed by atoms with Crippen molar-refractivity contribution in [3.63, 3.8) is 0 Å². The summed E-state index contributed by atoms with van der Waals surface area (Å²) in [7, 11) is 2.54. The molecule has 9 nitrogen and oxygen atoms in total. The van der Waals surface area contributed by atoms with Crippen LogP contribution in [0.3, 0.4) is 0 Å². The van der Waals surface area contributed by atoms with Crippen molar-refractivity contribution >= 4 is 24.2 Å². The molecule has 0 saturated carbocycles. The van der Waals surface area contributed by atoms with Gasteiger partial charge in [-0.2, -0.15) is 5.10 Å². The van der Waals surface area contributed by atoms with E-state index in [1.54, 1.807) is 35.9 Å². The van der Waals surface area contributed by atoms with Gasteiger partial charge in [0.2, 0.25) is 4.77 Å². The van der Waals surface area contributed by atoms with E-state index in [1.165, 1.54) is 20.3 Å². The number of nitrogens with one attached hydrogen (secondary N) is 2. The van der Waals surface area contributed by atoms with Crippen molar-refractivity contribution in [2.75, 3.05) is 19.6 Å². The van der Waals surface area contributed by atoms with Crippen molar-refractivity contribution in [1.29, 1.82) is 0 Å². The number of aromatic nitrogens is 3. The first-order chi connectivity index (χ1) is 13.4. The Labute approximate surface area is 165 Å². The Kier molecular flexibility index (Phi) is 5.59. The van der Waals surface area contributed by atoms with Crippen LogP contribution in [0.15, 0.2) is 34.7 Å². The Morgan fingerprint density at radius 2 is 1.82 bits per heavy atom. The largest absolute Gasteiger partial charge is 0.465 e. The number of carbonyl (C=O) groups excluding carboxylic acids is 2. The number of carbonyl (C=O) groups is 2. The highest BCUT2D eigenvalue weighted by Crippen LogP contribution is 2.26. The molecule has 2 heterocycles. The summed E-state index contributed by atoms with van der Waals surface area (Å²) in [4.78, 5) is 23.9. The van der Waals surface area contributed by atoms with E-state index in [0.29, 0.717) is 34.2 Å². The van der Waals surface area contributed by atoms with Crippen LogP contribution in [0.25, 0.3) is 11.3 Å². The Hall–Kier alpha value is -3.40. The summed E-state index contributed by atoms with van der Waals surface area (Å²) in [6, 6.07) is 8.12. The smallest absolute Gasteiger partial charge is 0.337 e. The second-order valence-electron chi connectivity index (χ2n) is 5.79. The highest BCUT2D eigenvalue weighted by atomic mass is 32.1. The molecular formula is C18H18N4O5S. The zero-order valence-corrected chi connectivity index (χ0v) is 16.3. The summed E-state index contributed by atoms with van der Waals surface area (Å²) in [5, 5.41) is 6.70. The SMILES string of the molecule is COC(=O)c1cc(C(=O)OC)cc(-c2ccc(CNn3c(C)n[nH]c3=S)o2)c1. The number of benzene rings is 1. The van der Waals surface area contributed by atoms with Gasteiger partial charge in [0.05, 0.1) is 31.9 Å². The second kappa shape index (κ2) is 8.09. The number of aromatic amines is 1. The monoisotopic (exact) mass is 402 g/mol. The van der Waals surface area contributed by atoms with Crippen LogP contribution in [0, 0.1) is 11.7 Å². The van der Waals surface area contributed by atoms with Gasteiger partial charge >= 0.3 is 11.9 Å². The highest BCUT2D eigenvalue weighted by molar-refractivity contribution is 7.71. The molecule has 3 aromatic rings. The molecule has 0 saturated heterocycles. The first-order valence-electron chi connectivity index (χ1n) is 8.21. The minimum absolute atomic E-state index is 0.219. The van der Waals surface area contributed by atoms with Crippen molar-refractivity contribution in [2.45, 2.75) is 13.5 Å². The van der Waals surface area contributed by atoms with Crippen molar-refractivity contribution in [1.82, 2.24) is 14.9 Å². The van der Waals surface area contributed by atoms with Crippen LogP contribution in [0.1, 0.15) is 32.3 Å². The summed E-state index contributed by atoms with van der Waals surface area (Å²) < 4.78 is 17.4. The fourth-order valence-corrected chi connectivity index (χ4v) is 2.83. The van der Waals surface area contributed by atoms with E-state index >= 15 is 0 Å². The van der Waals surface area contributed by atoms with E-state index in [4.69, 9.17) is 26.1 Å². The number of ether oxygens (including phenoxy) is 2. The molecule has 0 unspecified atom stereocenters. The van der Waals surface area contributed by atoms with Gasteiger partial charge in [-0.05, 0) is 49.5 Å². The summed E-state index contributed by atoms with van der Waals surface area (Å²) in [6.45, 7) is 2.16. The third-order valence-corrected chi connectivity index (χ3v) is 4.25. The molecule has 2 N–H and O–H groups in total. The normalized spacial score (nSPS) is 10.5. The van der Waals surface area contributed by atoms with Crippen LogP contribution >= 0.6 is 12.2 Å². The molecule has 0 atom stereocenters. The third kappa shape index (κ3) is 3.96. The fraction of sp³-hybridized carbons (Fsp3) is 0.222. The van der Waals surface area contributed by atoms with E-state index in [1.807, 2.05) is 0 Å². The van der Waals surface area contributed by atoms with Crippen molar-refractivity contribution in [2.24, 2.45) is 0 Å². The zero-order valence-electron chi connectivity index (χ0n) is 15.4. The quantitative estimate of drug-likeness (QED) is 0.478. The van der Waals surface area contributed by atoms with Gasteiger partial charge in [0.1, 0.15) is 17.3 Å². The third-order valence-electron chi connectivity index (χ3n) is 3.97. The van der Waals surface area contributed by atoms with Crippen LogP contribution < -0.4 is 5.43 Å². The van der Waals surface area contributed by atoms with Gasteiger partial charge < -0.3 is 19.3 Å². The molecule has 0 aliphatic carbocycles. The molecular weight excluding hydrogens is 384 g/mol. The number of hydrogen-bond donors (Lipinski definition) is 2. The Morgan fingerprint density at radius 1 is 1.18 bits per heavy atom. The van der Waals surface area contributed by atoms with Crippen molar-refractivity contribution < 1.29 is 23.5 Å². The van der Waals surface area contributed by atoms with Crippen molar-refractivity contribution in [3.8, 4) is 11.3 Å². The average Bonchev–Trinajstić information content (AvgIpc) is 3.31. The average molecular weight is 402 g/mol. The van der Waals surface area contributed by atoms with Gasteiger partial charge in [0, 0.05) is 5.56 Å². The molecule has 1 aromatic carbocycles. The fourth-order valence-electron chi connectivity index (χ4n) is 2.59. The predicted molar refractivity (Wildman–Crippen MR) is 102 cm³/mol. The van der Waals surface area contributed by atoms with Gasteiger partial charge in [0.15, 0.2) is 0 Å². The molecule has 28 heavy (non-hydrogen) atoms. The molecule has 2 aromatic heterocycles. The number of hydrogen-bond acceptors (Lipinski definition) is 8. The van der Waals surface area contributed by atoms with Crippen LogP contribution in [0.4, 0.5) is 0 Å². The van der Waals surface area contributed by atoms with Gasteiger partial charge in [-0.1, -0.05) is 0 Å². The maximum Gasteiger partial charge on any atom is 0.337 e. The predicted octanol–water partition coefficient (Wildman–Crippen LogP) is 2.83. The Bertz CT molecular complexity index is 1050. The maximum absolute atomic E-state index is 11.9. The Morgan fingerprint density at radius 3 is 2.36 bits per heavy atom. The topological polar surface area (TPSA) is 111 Å². The van der Waals surface area contributed by atoms with E-state index in [9.17, 15) is 9.59 Å². The minimum atomic E-state index is -0.565. The van der Waals surface area contributed by atoms with E-state index in [0.717, 1.165) is 0 Å². The summed E-state index contributed by atoms with van der Waals surface area (Å²) in [5.41, 5.74) is 4.08. The van der Waals surface area contributed by atoms with Gasteiger partial charge in [-0.3, -0.25) is 5.10 Å². The zero-order chi connectivity index (χ0) is 20.3. The number of rotatable bonds is 6. The van der Waals surface area contributed by atoms with Crippen LogP contribution in [-0.4, -0.2) is 41.0 Å². The van der Waals surface area contributed by atoms with Gasteiger partial charge in [0.25, 0.3) is 0 Å². The second-order valence-corrected chi connectivity index (χ2v) is 6.18. The first kappa shape index (κ1) is 19.4. The standard InChI is InChI=1S/C18H18N4O5S/c1-10-20-21-18(28)22(10)19-9-14-4-5-15(27-14)11-6-12(16(23)25-2)8-13(7-11)17(24)26-3/h4-8,19H,9H2,1-3H3,(H,21,28). The first-order valence-corrected chi connectivity index (χ1v) is 8.62. The summed E-state index contributed by atoms with van der Waals surface area (Å²) >= 11 is 5.13. The number of furan rings is 1. The van der Waals surface area contributed by atoms with Crippen LogP contribution in [0.5, 0.6) is 0 Å². The molecule has 146 valence electrons. The minimum Gasteiger partial charge on any atom is -0.465 e. The van der Waals surface area contributed by atoms with E-state index < -0.39 is 11.9 Å². The van der Waals surface area contributed by atoms with Crippen molar-refractivity contribution in [3.05, 3.63) is 57.8 Å². The molecule has 0 aliphatic heterocycles. The molecule has 0 amide bonds. The summed E-state index contributed by atoms with van der Waals surface area (Å²) in [6.07, 6.45) is 0. The van der Waals surface area contributed by atoms with E-state index in [-0.39, 0.29) is 11.1 Å². The lowest BCUT2D eigenvalue weighted by molar-refractivity contribution is 0.0599. The number of H-pyrrole nitrogens is 1. The number of aryl methyl sites for hydroxylation is 1. The molecule has 0 spiro atoms. The number of nitrogens with zero attached hydrogens (tertiary/aromatic N) is 2. The molecule has 0 aliphatic rings. The molecule has 10 heteroatoms. The lowest BCUT2D eigenvalue weighted by atomic mass is 10.0. The maximum atomic E-state index is 11.9. The van der Waals surface area contributed by atoms with E-state index in [2.05, 4.69) is 15.6 Å². The van der Waals surface area contributed by atoms with Gasteiger partial charge in [-0.15, -0.1) is 0 Å². The Balaban J connectivity index is 1.88. The summed E-state index contributed by atoms with van der Waals surface area (Å²) in [5.74, 6) is 0.668. The molecule has 3 rings (SSSR count). The molecule has 0 radical (unpaired) electrons. The highest BCUT2D eigenvalue weighted by Gasteiger charge is 2.16. The number of esters is 2.